The van der Waals surface area contributed by atoms with Gasteiger partial charge in [-0.25, -0.2) is 15.8 Å². The van der Waals surface area contributed by atoms with E-state index in [0.29, 0.717) is 23.5 Å². The van der Waals surface area contributed by atoms with Crippen LogP contribution in [0.4, 0.5) is 11.6 Å². The average molecular weight is 265 g/mol. The van der Waals surface area contributed by atoms with E-state index in [0.717, 1.165) is 24.3 Å². The molecule has 1 aromatic rings. The third kappa shape index (κ3) is 3.13. The van der Waals surface area contributed by atoms with Crippen molar-refractivity contribution in [2.24, 2.45) is 17.7 Å². The average Bonchev–Trinajstić information content (AvgIpc) is 2.86. The Hall–Kier alpha value is -1.40. The van der Waals surface area contributed by atoms with E-state index in [4.69, 9.17) is 5.84 Å². The number of anilines is 2. The molecule has 0 aromatic carbocycles. The molecule has 0 amide bonds. The van der Waals surface area contributed by atoms with Crippen LogP contribution in [0, 0.1) is 25.7 Å². The van der Waals surface area contributed by atoms with Crippen LogP contribution in [-0.2, 0) is 0 Å². The summed E-state index contributed by atoms with van der Waals surface area (Å²) in [5, 5.41) is 12.7. The minimum Gasteiger partial charge on any atom is -0.396 e. The Balaban J connectivity index is 2.05. The predicted molar refractivity (Wildman–Crippen MR) is 75.7 cm³/mol. The highest BCUT2D eigenvalue weighted by molar-refractivity contribution is 5.56. The third-order valence-electron chi connectivity index (χ3n) is 3.98. The number of aliphatic hydroxyl groups is 1. The van der Waals surface area contributed by atoms with Crippen LogP contribution in [0.5, 0.6) is 0 Å². The molecule has 1 fully saturated rings. The molecule has 0 radical (unpaired) electrons. The van der Waals surface area contributed by atoms with Crippen molar-refractivity contribution in [3.05, 3.63) is 11.4 Å². The largest absolute Gasteiger partial charge is 0.396 e. The standard InChI is InChI=1S/C13H23N5O/c1-8-12(16-9(2)17-13(8)18-14)15-6-10-4-3-5-11(10)7-19/h10-11,19H,3-7,14H2,1-2H3,(H2,15,16,17,18). The van der Waals surface area contributed by atoms with Gasteiger partial charge in [0.2, 0.25) is 0 Å². The Morgan fingerprint density at radius 1 is 1.21 bits per heavy atom. The van der Waals surface area contributed by atoms with Crippen molar-refractivity contribution in [2.75, 3.05) is 23.9 Å². The van der Waals surface area contributed by atoms with Crippen LogP contribution in [0.3, 0.4) is 0 Å². The molecule has 1 heterocycles. The lowest BCUT2D eigenvalue weighted by Crippen LogP contribution is -2.22. The van der Waals surface area contributed by atoms with Crippen LogP contribution in [0.2, 0.25) is 0 Å². The Morgan fingerprint density at radius 3 is 2.58 bits per heavy atom. The molecule has 1 aliphatic carbocycles. The van der Waals surface area contributed by atoms with Crippen molar-refractivity contribution in [3.63, 3.8) is 0 Å². The van der Waals surface area contributed by atoms with Gasteiger partial charge in [0.1, 0.15) is 17.5 Å². The van der Waals surface area contributed by atoms with Crippen molar-refractivity contribution in [1.82, 2.24) is 9.97 Å². The Bertz CT molecular complexity index is 437. The molecule has 2 unspecified atom stereocenters. The van der Waals surface area contributed by atoms with E-state index in [2.05, 4.69) is 20.7 Å². The Kier molecular flexibility index (Phi) is 4.55. The topological polar surface area (TPSA) is 96.1 Å². The fourth-order valence-corrected chi connectivity index (χ4v) is 2.79. The highest BCUT2D eigenvalue weighted by Crippen LogP contribution is 2.31. The fraction of sp³-hybridized carbons (Fsp3) is 0.692. The molecule has 1 saturated carbocycles. The van der Waals surface area contributed by atoms with Crippen molar-refractivity contribution in [3.8, 4) is 0 Å². The number of nitrogens with zero attached hydrogens (tertiary/aromatic N) is 2. The number of nitrogens with one attached hydrogen (secondary N) is 2. The summed E-state index contributed by atoms with van der Waals surface area (Å²) < 4.78 is 0. The Morgan fingerprint density at radius 2 is 1.89 bits per heavy atom. The van der Waals surface area contributed by atoms with Crippen molar-refractivity contribution >= 4 is 11.6 Å². The number of nitrogens with two attached hydrogens (primary N) is 1. The summed E-state index contributed by atoms with van der Waals surface area (Å²) >= 11 is 0. The second kappa shape index (κ2) is 6.16. The molecule has 5 N–H and O–H groups in total. The van der Waals surface area contributed by atoms with Crippen LogP contribution in [0.1, 0.15) is 30.7 Å². The quantitative estimate of drug-likeness (QED) is 0.472. The van der Waals surface area contributed by atoms with Gasteiger partial charge in [-0.1, -0.05) is 6.42 Å². The molecule has 2 atom stereocenters. The lowest BCUT2D eigenvalue weighted by molar-refractivity contribution is 0.199. The molecular formula is C13H23N5O. The van der Waals surface area contributed by atoms with Crippen molar-refractivity contribution in [2.45, 2.75) is 33.1 Å². The van der Waals surface area contributed by atoms with Gasteiger partial charge in [0.15, 0.2) is 0 Å². The number of nitrogen functional groups attached to an aromatic ring is 1. The molecular weight excluding hydrogens is 242 g/mol. The lowest BCUT2D eigenvalue weighted by atomic mass is 9.97. The van der Waals surface area contributed by atoms with Gasteiger partial charge in [0, 0.05) is 18.7 Å². The zero-order chi connectivity index (χ0) is 13.8. The number of hydrogen-bond donors (Lipinski definition) is 4. The smallest absolute Gasteiger partial charge is 0.148 e. The maximum atomic E-state index is 9.33. The van der Waals surface area contributed by atoms with Gasteiger partial charge in [0.05, 0.1) is 0 Å². The van der Waals surface area contributed by atoms with Crippen molar-refractivity contribution in [1.29, 1.82) is 0 Å². The highest BCUT2D eigenvalue weighted by atomic mass is 16.3. The van der Waals surface area contributed by atoms with E-state index in [1.807, 2.05) is 13.8 Å². The van der Waals surface area contributed by atoms with Crippen LogP contribution in [0.15, 0.2) is 0 Å². The van der Waals surface area contributed by atoms with Gasteiger partial charge in [0.25, 0.3) is 0 Å². The van der Waals surface area contributed by atoms with Crippen molar-refractivity contribution < 1.29 is 5.11 Å². The molecule has 2 rings (SSSR count). The number of aryl methyl sites for hydroxylation is 1. The first-order valence-corrected chi connectivity index (χ1v) is 6.82. The molecule has 0 spiro atoms. The zero-order valence-electron chi connectivity index (χ0n) is 11.6. The number of hydrazine groups is 1. The summed E-state index contributed by atoms with van der Waals surface area (Å²) in [6.45, 7) is 4.91. The monoisotopic (exact) mass is 265 g/mol. The molecule has 1 aromatic heterocycles. The third-order valence-corrected chi connectivity index (χ3v) is 3.98. The maximum Gasteiger partial charge on any atom is 0.148 e. The minimum atomic E-state index is 0.281. The predicted octanol–water partition coefficient (Wildman–Crippen LogP) is 1.20. The molecule has 0 saturated heterocycles. The van der Waals surface area contributed by atoms with E-state index in [-0.39, 0.29) is 6.61 Å². The number of aliphatic hydroxyl groups excluding tert-OH is 1. The van der Waals surface area contributed by atoms with Gasteiger partial charge < -0.3 is 15.8 Å². The van der Waals surface area contributed by atoms with E-state index in [1.54, 1.807) is 0 Å². The van der Waals surface area contributed by atoms with E-state index >= 15 is 0 Å². The van der Waals surface area contributed by atoms with Gasteiger partial charge >= 0.3 is 0 Å². The van der Waals surface area contributed by atoms with Crippen LogP contribution in [0.25, 0.3) is 0 Å². The van der Waals surface area contributed by atoms with Crippen LogP contribution >= 0.6 is 0 Å². The van der Waals surface area contributed by atoms with E-state index in [9.17, 15) is 5.11 Å². The maximum absolute atomic E-state index is 9.33. The van der Waals surface area contributed by atoms with E-state index in [1.165, 1.54) is 12.8 Å². The molecule has 0 aliphatic heterocycles. The van der Waals surface area contributed by atoms with Crippen LogP contribution < -0.4 is 16.6 Å². The van der Waals surface area contributed by atoms with E-state index < -0.39 is 0 Å². The first-order chi connectivity index (χ1) is 9.15. The summed E-state index contributed by atoms with van der Waals surface area (Å²) in [5.74, 6) is 8.55. The SMILES string of the molecule is Cc1nc(NN)c(C)c(NCC2CCCC2CO)n1. The molecule has 6 nitrogen and oxygen atoms in total. The normalized spacial score (nSPS) is 22.5. The summed E-state index contributed by atoms with van der Waals surface area (Å²) in [7, 11) is 0. The number of hydrogen-bond acceptors (Lipinski definition) is 6. The van der Waals surface area contributed by atoms with Crippen LogP contribution in [-0.4, -0.2) is 28.2 Å². The molecule has 0 bridgehead atoms. The second-order valence-electron chi connectivity index (χ2n) is 5.25. The first-order valence-electron chi connectivity index (χ1n) is 6.82. The summed E-state index contributed by atoms with van der Waals surface area (Å²) in [5.41, 5.74) is 3.52. The minimum absolute atomic E-state index is 0.281. The fourth-order valence-electron chi connectivity index (χ4n) is 2.79. The summed E-state index contributed by atoms with van der Waals surface area (Å²) in [6, 6.07) is 0. The number of rotatable bonds is 5. The molecule has 106 valence electrons. The molecule has 1 aliphatic rings. The van der Waals surface area contributed by atoms with Gasteiger partial charge in [-0.3, -0.25) is 0 Å². The van der Waals surface area contributed by atoms with Gasteiger partial charge in [-0.15, -0.1) is 0 Å². The molecule has 19 heavy (non-hydrogen) atoms. The van der Waals surface area contributed by atoms with Gasteiger partial charge in [-0.05, 0) is 38.5 Å². The van der Waals surface area contributed by atoms with Gasteiger partial charge in [-0.2, -0.15) is 0 Å². The number of aromatic nitrogens is 2. The second-order valence-corrected chi connectivity index (χ2v) is 5.25. The first kappa shape index (κ1) is 14.0. The Labute approximate surface area is 113 Å². The lowest BCUT2D eigenvalue weighted by Gasteiger charge is -2.19. The zero-order valence-corrected chi connectivity index (χ0v) is 11.6. The summed E-state index contributed by atoms with van der Waals surface area (Å²) in [4.78, 5) is 8.65. The summed E-state index contributed by atoms with van der Waals surface area (Å²) in [6.07, 6.45) is 3.50. The highest BCUT2D eigenvalue weighted by Gasteiger charge is 2.26. The molecule has 6 heteroatoms.